The van der Waals surface area contributed by atoms with E-state index in [4.69, 9.17) is 9.47 Å². The zero-order valence-electron chi connectivity index (χ0n) is 16.1. The van der Waals surface area contributed by atoms with Gasteiger partial charge >= 0.3 is 0 Å². The van der Waals surface area contributed by atoms with Crippen molar-refractivity contribution >= 4 is 17.3 Å². The highest BCUT2D eigenvalue weighted by atomic mass is 16.5. The molecule has 5 heteroatoms. The van der Waals surface area contributed by atoms with Gasteiger partial charge in [0.2, 0.25) is 0 Å². The number of carbonyl (C=O) groups excluding carboxylic acids is 1. The molecule has 28 heavy (non-hydrogen) atoms. The lowest BCUT2D eigenvalue weighted by Crippen LogP contribution is -2.20. The first kappa shape index (κ1) is 19.3. The van der Waals surface area contributed by atoms with Crippen LogP contribution < -0.4 is 20.1 Å². The summed E-state index contributed by atoms with van der Waals surface area (Å²) in [6, 6.07) is 23.1. The van der Waals surface area contributed by atoms with Crippen LogP contribution in [-0.2, 0) is 11.3 Å². The summed E-state index contributed by atoms with van der Waals surface area (Å²) in [5, 5.41) is 6.18. The van der Waals surface area contributed by atoms with Crippen molar-refractivity contribution in [1.29, 1.82) is 0 Å². The van der Waals surface area contributed by atoms with E-state index in [-0.39, 0.29) is 12.5 Å². The first-order valence-corrected chi connectivity index (χ1v) is 9.08. The maximum absolute atomic E-state index is 12.0. The summed E-state index contributed by atoms with van der Waals surface area (Å²) in [4.78, 5) is 12.0. The molecule has 2 N–H and O–H groups in total. The van der Waals surface area contributed by atoms with Crippen molar-refractivity contribution in [1.82, 2.24) is 0 Å². The maximum Gasteiger partial charge on any atom is 0.262 e. The van der Waals surface area contributed by atoms with Gasteiger partial charge in [-0.1, -0.05) is 24.3 Å². The molecule has 3 rings (SSSR count). The quantitative estimate of drug-likeness (QED) is 0.602. The molecule has 5 nitrogen and oxygen atoms in total. The number of rotatable bonds is 8. The van der Waals surface area contributed by atoms with Gasteiger partial charge in [-0.2, -0.15) is 0 Å². The number of anilines is 2. The number of amides is 1. The highest BCUT2D eigenvalue weighted by Gasteiger charge is 2.04. The van der Waals surface area contributed by atoms with E-state index < -0.39 is 0 Å². The second-order valence-electron chi connectivity index (χ2n) is 6.43. The molecule has 0 unspecified atom stereocenters. The van der Waals surface area contributed by atoms with Crippen LogP contribution in [0.2, 0.25) is 0 Å². The Balaban J connectivity index is 1.45. The normalized spacial score (nSPS) is 10.2. The van der Waals surface area contributed by atoms with Crippen molar-refractivity contribution in [3.05, 3.63) is 83.9 Å². The number of benzene rings is 3. The zero-order valence-corrected chi connectivity index (χ0v) is 16.1. The summed E-state index contributed by atoms with van der Waals surface area (Å²) in [7, 11) is 1.65. The minimum atomic E-state index is -0.184. The van der Waals surface area contributed by atoms with Crippen LogP contribution in [0.5, 0.6) is 11.5 Å². The Morgan fingerprint density at radius 2 is 1.61 bits per heavy atom. The molecule has 0 bridgehead atoms. The van der Waals surface area contributed by atoms with Gasteiger partial charge in [0.25, 0.3) is 5.91 Å². The molecule has 0 heterocycles. The summed E-state index contributed by atoms with van der Waals surface area (Å²) in [5.41, 5.74) is 4.01. The molecule has 144 valence electrons. The highest BCUT2D eigenvalue weighted by molar-refractivity contribution is 5.91. The molecule has 3 aromatic carbocycles. The van der Waals surface area contributed by atoms with E-state index in [9.17, 15) is 4.79 Å². The third-order valence-corrected chi connectivity index (χ3v) is 4.18. The van der Waals surface area contributed by atoms with Gasteiger partial charge < -0.3 is 20.1 Å². The average molecular weight is 376 g/mol. The predicted molar refractivity (Wildman–Crippen MR) is 112 cm³/mol. The zero-order chi connectivity index (χ0) is 19.8. The molecule has 0 aliphatic carbocycles. The molecule has 0 saturated carbocycles. The van der Waals surface area contributed by atoms with Crippen LogP contribution >= 0.6 is 0 Å². The summed E-state index contributed by atoms with van der Waals surface area (Å²) in [6.07, 6.45) is 0. The van der Waals surface area contributed by atoms with Crippen LogP contribution in [0.15, 0.2) is 72.8 Å². The van der Waals surface area contributed by atoms with Crippen LogP contribution in [0.1, 0.15) is 11.1 Å². The Labute approximate surface area is 165 Å². The first-order chi connectivity index (χ1) is 13.6. The van der Waals surface area contributed by atoms with Crippen LogP contribution in [0.25, 0.3) is 0 Å². The third kappa shape index (κ3) is 5.77. The number of carbonyl (C=O) groups is 1. The van der Waals surface area contributed by atoms with E-state index >= 15 is 0 Å². The molecule has 0 spiro atoms. The van der Waals surface area contributed by atoms with Crippen molar-refractivity contribution in [3.8, 4) is 11.5 Å². The fourth-order valence-electron chi connectivity index (χ4n) is 2.69. The van der Waals surface area contributed by atoms with Crippen molar-refractivity contribution in [2.45, 2.75) is 13.5 Å². The van der Waals surface area contributed by atoms with Crippen LogP contribution in [0, 0.1) is 6.92 Å². The molecule has 0 aliphatic heterocycles. The minimum absolute atomic E-state index is 0.0304. The lowest BCUT2D eigenvalue weighted by molar-refractivity contribution is -0.118. The SMILES string of the molecule is COc1ccc(NCc2ccc(OCC(=O)Nc3cccc(C)c3)cc2)cc1. The van der Waals surface area contributed by atoms with E-state index in [1.807, 2.05) is 79.7 Å². The van der Waals surface area contributed by atoms with Crippen molar-refractivity contribution < 1.29 is 14.3 Å². The highest BCUT2D eigenvalue weighted by Crippen LogP contribution is 2.17. The number of nitrogens with one attached hydrogen (secondary N) is 2. The molecule has 0 fully saturated rings. The number of hydrogen-bond acceptors (Lipinski definition) is 4. The van der Waals surface area contributed by atoms with Crippen LogP contribution in [-0.4, -0.2) is 19.6 Å². The number of hydrogen-bond donors (Lipinski definition) is 2. The van der Waals surface area contributed by atoms with Gasteiger partial charge in [-0.15, -0.1) is 0 Å². The fraction of sp³-hybridized carbons (Fsp3) is 0.174. The van der Waals surface area contributed by atoms with E-state index in [1.165, 1.54) is 0 Å². The molecule has 1 amide bonds. The van der Waals surface area contributed by atoms with Gasteiger partial charge in [0.05, 0.1) is 7.11 Å². The number of aryl methyl sites for hydroxylation is 1. The standard InChI is InChI=1S/C23H24N2O3/c1-17-4-3-5-20(14-17)25-23(26)16-28-22-10-6-18(7-11-22)15-24-19-8-12-21(27-2)13-9-19/h3-14,24H,15-16H2,1-2H3,(H,25,26). The van der Waals surface area contributed by atoms with Crippen molar-refractivity contribution in [3.63, 3.8) is 0 Å². The molecule has 3 aromatic rings. The second kappa shape index (κ2) is 9.46. The molecule has 0 saturated heterocycles. The molecule has 0 atom stereocenters. The molecule has 0 radical (unpaired) electrons. The third-order valence-electron chi connectivity index (χ3n) is 4.18. The summed E-state index contributed by atoms with van der Waals surface area (Å²) in [6.45, 7) is 2.65. The number of methoxy groups -OCH3 is 1. The predicted octanol–water partition coefficient (Wildman–Crippen LogP) is 4.63. The van der Waals surface area contributed by atoms with E-state index in [1.54, 1.807) is 7.11 Å². The molecular formula is C23H24N2O3. The number of ether oxygens (including phenoxy) is 2. The Hall–Kier alpha value is -3.47. The van der Waals surface area contributed by atoms with Gasteiger partial charge in [-0.3, -0.25) is 4.79 Å². The molecular weight excluding hydrogens is 352 g/mol. The molecule has 0 aromatic heterocycles. The van der Waals surface area contributed by atoms with Gasteiger partial charge in [0.15, 0.2) is 6.61 Å². The summed E-state index contributed by atoms with van der Waals surface area (Å²) < 4.78 is 10.7. The van der Waals surface area contributed by atoms with Gasteiger partial charge in [-0.25, -0.2) is 0 Å². The maximum atomic E-state index is 12.0. The minimum Gasteiger partial charge on any atom is -0.497 e. The van der Waals surface area contributed by atoms with E-state index in [0.717, 1.165) is 28.3 Å². The Morgan fingerprint density at radius 1 is 0.893 bits per heavy atom. The fourth-order valence-corrected chi connectivity index (χ4v) is 2.69. The van der Waals surface area contributed by atoms with Crippen LogP contribution in [0.4, 0.5) is 11.4 Å². The lowest BCUT2D eigenvalue weighted by atomic mass is 10.2. The van der Waals surface area contributed by atoms with Gasteiger partial charge in [0.1, 0.15) is 11.5 Å². The van der Waals surface area contributed by atoms with Crippen molar-refractivity contribution in [2.24, 2.45) is 0 Å². The van der Waals surface area contributed by atoms with Crippen molar-refractivity contribution in [2.75, 3.05) is 24.4 Å². The van der Waals surface area contributed by atoms with Gasteiger partial charge in [-0.05, 0) is 66.6 Å². The smallest absolute Gasteiger partial charge is 0.262 e. The van der Waals surface area contributed by atoms with E-state index in [0.29, 0.717) is 12.3 Å². The van der Waals surface area contributed by atoms with Crippen LogP contribution in [0.3, 0.4) is 0 Å². The van der Waals surface area contributed by atoms with Gasteiger partial charge in [0, 0.05) is 17.9 Å². The largest absolute Gasteiger partial charge is 0.497 e. The summed E-state index contributed by atoms with van der Waals surface area (Å²) in [5.74, 6) is 1.31. The Kier molecular flexibility index (Phi) is 6.52. The first-order valence-electron chi connectivity index (χ1n) is 9.08. The monoisotopic (exact) mass is 376 g/mol. The lowest BCUT2D eigenvalue weighted by Gasteiger charge is -2.10. The summed E-state index contributed by atoms with van der Waals surface area (Å²) >= 11 is 0. The Morgan fingerprint density at radius 3 is 2.29 bits per heavy atom. The topological polar surface area (TPSA) is 59.6 Å². The van der Waals surface area contributed by atoms with E-state index in [2.05, 4.69) is 10.6 Å². The Bertz CT molecular complexity index is 906. The average Bonchev–Trinajstić information content (AvgIpc) is 2.72. The second-order valence-corrected chi connectivity index (χ2v) is 6.43. The molecule has 0 aliphatic rings.